The number of hydrogen-bond donors (Lipinski definition) is 3. The van der Waals surface area contributed by atoms with Gasteiger partial charge >= 0.3 is 0 Å². The number of nitrogens with two attached hydrogens (primary N) is 2. The van der Waals surface area contributed by atoms with E-state index in [1.807, 2.05) is 13.0 Å². The Morgan fingerprint density at radius 1 is 1.29 bits per heavy atom. The lowest BCUT2D eigenvalue weighted by Crippen LogP contribution is -2.53. The van der Waals surface area contributed by atoms with Crippen molar-refractivity contribution in [2.75, 3.05) is 0 Å². The highest BCUT2D eigenvalue weighted by Crippen LogP contribution is 2.27. The number of hydrazine groups is 1. The van der Waals surface area contributed by atoms with Crippen LogP contribution >= 0.6 is 0 Å². The summed E-state index contributed by atoms with van der Waals surface area (Å²) in [4.78, 5) is 24.6. The predicted molar refractivity (Wildman–Crippen MR) is 91.7 cm³/mol. The number of rotatable bonds is 5. The van der Waals surface area contributed by atoms with Crippen LogP contribution in [-0.4, -0.2) is 34.1 Å². The van der Waals surface area contributed by atoms with Crippen molar-refractivity contribution >= 4 is 11.8 Å². The van der Waals surface area contributed by atoms with E-state index < -0.39 is 24.0 Å². The Labute approximate surface area is 142 Å². The molecule has 0 saturated heterocycles. The maximum absolute atomic E-state index is 12.3. The summed E-state index contributed by atoms with van der Waals surface area (Å²) in [6.07, 6.45) is 4.80. The summed E-state index contributed by atoms with van der Waals surface area (Å²) in [5.74, 6) is 4.56. The van der Waals surface area contributed by atoms with Crippen LogP contribution < -0.4 is 11.6 Å². The Balaban J connectivity index is 1.96. The molecule has 6 heteroatoms. The Bertz CT molecular complexity index is 585. The van der Waals surface area contributed by atoms with Crippen LogP contribution in [0.15, 0.2) is 24.3 Å². The second kappa shape index (κ2) is 8.37. The number of imide groups is 1. The van der Waals surface area contributed by atoms with Crippen LogP contribution in [0.1, 0.15) is 54.4 Å². The third-order valence-corrected chi connectivity index (χ3v) is 4.71. The minimum absolute atomic E-state index is 0.305. The fourth-order valence-corrected chi connectivity index (χ4v) is 3.28. The largest absolute Gasteiger partial charge is 0.382 e. The first-order valence-electron chi connectivity index (χ1n) is 8.53. The van der Waals surface area contributed by atoms with Crippen molar-refractivity contribution in [1.29, 1.82) is 0 Å². The molecule has 0 radical (unpaired) electrons. The first-order chi connectivity index (χ1) is 11.4. The van der Waals surface area contributed by atoms with Gasteiger partial charge in [-0.15, -0.1) is 0 Å². The summed E-state index contributed by atoms with van der Waals surface area (Å²) in [6, 6.07) is 6.07. The van der Waals surface area contributed by atoms with E-state index in [4.69, 9.17) is 11.6 Å². The number of nitrogens with zero attached hydrogens (tertiary/aromatic N) is 1. The highest BCUT2D eigenvalue weighted by Gasteiger charge is 2.31. The average molecular weight is 333 g/mol. The Hall–Kier alpha value is -1.76. The molecule has 1 aliphatic carbocycles. The Morgan fingerprint density at radius 3 is 2.58 bits per heavy atom. The number of aryl methyl sites for hydroxylation is 1. The number of aliphatic hydroxyl groups is 1. The Morgan fingerprint density at radius 2 is 1.96 bits per heavy atom. The fraction of sp³-hybridized carbons (Fsp3) is 0.556. The van der Waals surface area contributed by atoms with Crippen LogP contribution in [0.2, 0.25) is 0 Å². The van der Waals surface area contributed by atoms with Gasteiger partial charge in [0.25, 0.3) is 11.8 Å². The molecule has 2 amide bonds. The summed E-state index contributed by atoms with van der Waals surface area (Å²) in [6.45, 7) is 1.84. The topological polar surface area (TPSA) is 110 Å². The van der Waals surface area contributed by atoms with Gasteiger partial charge in [0.1, 0.15) is 6.10 Å². The van der Waals surface area contributed by atoms with E-state index in [9.17, 15) is 14.7 Å². The van der Waals surface area contributed by atoms with E-state index in [1.165, 1.54) is 6.42 Å². The third-order valence-electron chi connectivity index (χ3n) is 4.71. The van der Waals surface area contributed by atoms with Crippen LogP contribution in [0.3, 0.4) is 0 Å². The lowest BCUT2D eigenvalue weighted by atomic mass is 9.84. The number of benzene rings is 1. The summed E-state index contributed by atoms with van der Waals surface area (Å²) in [5, 5.41) is 10.7. The molecule has 1 aromatic carbocycles. The SMILES string of the molecule is Cc1cccc(C(=O)N(N)C(=O)C(O)[C@H](N)CC2CCCCC2)c1. The van der Waals surface area contributed by atoms with E-state index in [0.717, 1.165) is 31.2 Å². The molecule has 1 aromatic rings. The van der Waals surface area contributed by atoms with Gasteiger partial charge < -0.3 is 10.8 Å². The number of carbonyl (C=O) groups excluding carboxylic acids is 2. The van der Waals surface area contributed by atoms with Gasteiger partial charge in [-0.1, -0.05) is 49.8 Å². The van der Waals surface area contributed by atoms with Gasteiger partial charge in [0.15, 0.2) is 0 Å². The summed E-state index contributed by atoms with van der Waals surface area (Å²) >= 11 is 0. The molecular formula is C18H27N3O3. The van der Waals surface area contributed by atoms with Crippen molar-refractivity contribution in [1.82, 2.24) is 5.01 Å². The van der Waals surface area contributed by atoms with Crippen LogP contribution in [0.4, 0.5) is 0 Å². The molecule has 0 aliphatic heterocycles. The fourth-order valence-electron chi connectivity index (χ4n) is 3.28. The molecule has 0 spiro atoms. The van der Waals surface area contributed by atoms with E-state index in [1.54, 1.807) is 18.2 Å². The van der Waals surface area contributed by atoms with Crippen LogP contribution in [0.5, 0.6) is 0 Å². The van der Waals surface area contributed by atoms with Crippen LogP contribution in [-0.2, 0) is 4.79 Å². The minimum Gasteiger partial charge on any atom is -0.382 e. The average Bonchev–Trinajstić information content (AvgIpc) is 2.60. The first kappa shape index (κ1) is 18.6. The van der Waals surface area contributed by atoms with Gasteiger partial charge in [-0.2, -0.15) is 0 Å². The number of hydrogen-bond acceptors (Lipinski definition) is 5. The van der Waals surface area contributed by atoms with Crippen molar-refractivity contribution in [3.63, 3.8) is 0 Å². The molecule has 6 nitrogen and oxygen atoms in total. The molecule has 1 aliphatic rings. The number of carbonyl (C=O) groups is 2. The zero-order chi connectivity index (χ0) is 17.7. The lowest BCUT2D eigenvalue weighted by molar-refractivity contribution is -0.138. The molecule has 1 fully saturated rings. The molecule has 0 heterocycles. The zero-order valence-electron chi connectivity index (χ0n) is 14.1. The first-order valence-corrected chi connectivity index (χ1v) is 8.53. The lowest BCUT2D eigenvalue weighted by Gasteiger charge is -2.28. The van der Waals surface area contributed by atoms with Crippen LogP contribution in [0.25, 0.3) is 0 Å². The molecule has 2 rings (SSSR count). The van der Waals surface area contributed by atoms with E-state index in [0.29, 0.717) is 22.9 Å². The van der Waals surface area contributed by atoms with Crippen LogP contribution in [0, 0.1) is 12.8 Å². The van der Waals surface area contributed by atoms with Gasteiger partial charge in [-0.05, 0) is 31.4 Å². The normalized spacial score (nSPS) is 18.0. The molecule has 2 atom stereocenters. The number of amides is 2. The Kier molecular flexibility index (Phi) is 6.48. The van der Waals surface area contributed by atoms with Gasteiger partial charge in [0.2, 0.25) is 0 Å². The van der Waals surface area contributed by atoms with E-state index in [-0.39, 0.29) is 0 Å². The van der Waals surface area contributed by atoms with Crippen molar-refractivity contribution < 1.29 is 14.7 Å². The van der Waals surface area contributed by atoms with E-state index >= 15 is 0 Å². The molecule has 132 valence electrons. The van der Waals surface area contributed by atoms with Crippen molar-refractivity contribution in [3.8, 4) is 0 Å². The zero-order valence-corrected chi connectivity index (χ0v) is 14.1. The molecule has 24 heavy (non-hydrogen) atoms. The van der Waals surface area contributed by atoms with Gasteiger partial charge in [-0.25, -0.2) is 10.9 Å². The highest BCUT2D eigenvalue weighted by molar-refractivity contribution is 6.05. The summed E-state index contributed by atoms with van der Waals surface area (Å²) in [7, 11) is 0. The molecule has 1 saturated carbocycles. The minimum atomic E-state index is -1.47. The smallest absolute Gasteiger partial charge is 0.274 e. The second-order valence-electron chi connectivity index (χ2n) is 6.73. The molecule has 5 N–H and O–H groups in total. The summed E-state index contributed by atoms with van der Waals surface area (Å²) in [5.41, 5.74) is 7.18. The van der Waals surface area contributed by atoms with Crippen molar-refractivity contribution in [3.05, 3.63) is 35.4 Å². The van der Waals surface area contributed by atoms with E-state index in [2.05, 4.69) is 0 Å². The maximum atomic E-state index is 12.3. The van der Waals surface area contributed by atoms with Crippen molar-refractivity contribution in [2.45, 2.75) is 57.6 Å². The van der Waals surface area contributed by atoms with Gasteiger partial charge in [0, 0.05) is 11.6 Å². The third kappa shape index (κ3) is 4.63. The second-order valence-corrected chi connectivity index (χ2v) is 6.73. The van der Waals surface area contributed by atoms with Crippen molar-refractivity contribution in [2.24, 2.45) is 17.5 Å². The monoisotopic (exact) mass is 333 g/mol. The number of aliphatic hydroxyl groups excluding tert-OH is 1. The molecular weight excluding hydrogens is 306 g/mol. The predicted octanol–water partition coefficient (Wildman–Crippen LogP) is 1.50. The van der Waals surface area contributed by atoms with Gasteiger partial charge in [-0.3, -0.25) is 9.59 Å². The standard InChI is InChI=1S/C18H27N3O3/c1-12-6-5-9-14(10-12)17(23)21(20)18(24)16(22)15(19)11-13-7-3-2-4-8-13/h5-6,9-10,13,15-16,22H,2-4,7-8,11,19-20H2,1H3/t15-,16?/m1/s1. The quantitative estimate of drug-likeness (QED) is 0.430. The molecule has 0 aromatic heterocycles. The molecule has 0 bridgehead atoms. The van der Waals surface area contributed by atoms with Gasteiger partial charge in [0.05, 0.1) is 0 Å². The summed E-state index contributed by atoms with van der Waals surface area (Å²) < 4.78 is 0. The maximum Gasteiger partial charge on any atom is 0.274 e. The highest BCUT2D eigenvalue weighted by atomic mass is 16.3. The molecule has 1 unspecified atom stereocenters.